The van der Waals surface area contributed by atoms with E-state index >= 15 is 0 Å². The van der Waals surface area contributed by atoms with Crippen molar-refractivity contribution >= 4 is 45.1 Å². The number of halogens is 4. The Hall–Kier alpha value is -3.52. The zero-order chi connectivity index (χ0) is 33.9. The van der Waals surface area contributed by atoms with Crippen LogP contribution in [0.25, 0.3) is 0 Å². The van der Waals surface area contributed by atoms with Gasteiger partial charge in [0, 0.05) is 45.0 Å². The monoisotopic (exact) mass is 711 g/mol. The summed E-state index contributed by atoms with van der Waals surface area (Å²) >= 11 is 12.8. The molecule has 1 aliphatic carbocycles. The molecule has 1 saturated carbocycles. The average molecular weight is 713 g/mol. The second kappa shape index (κ2) is 14.7. The largest absolute Gasteiger partial charge is 0.489 e. The molecule has 47 heavy (non-hydrogen) atoms. The van der Waals surface area contributed by atoms with Crippen LogP contribution in [-0.2, 0) is 26.0 Å². The third-order valence-electron chi connectivity index (χ3n) is 7.90. The van der Waals surface area contributed by atoms with Crippen LogP contribution in [0.5, 0.6) is 11.5 Å². The van der Waals surface area contributed by atoms with E-state index in [1.165, 1.54) is 59.8 Å². The molecule has 1 amide bonds. The van der Waals surface area contributed by atoms with E-state index < -0.39 is 34.7 Å². The van der Waals surface area contributed by atoms with Crippen LogP contribution in [0.15, 0.2) is 59.8 Å². The van der Waals surface area contributed by atoms with Crippen molar-refractivity contribution < 1.29 is 41.0 Å². The topological polar surface area (TPSA) is 115 Å². The van der Waals surface area contributed by atoms with Gasteiger partial charge >= 0.3 is 12.6 Å². The molecule has 1 aliphatic heterocycles. The van der Waals surface area contributed by atoms with Crippen molar-refractivity contribution in [3.05, 3.63) is 81.6 Å². The molecule has 1 unspecified atom stereocenters. The predicted octanol–water partition coefficient (Wildman–Crippen LogP) is 6.16. The summed E-state index contributed by atoms with van der Waals surface area (Å²) in [6, 6.07) is 8.66. The van der Waals surface area contributed by atoms with Crippen molar-refractivity contribution in [2.75, 3.05) is 27.2 Å². The first-order valence-corrected chi connectivity index (χ1v) is 17.1. The van der Waals surface area contributed by atoms with Crippen molar-refractivity contribution in [1.29, 1.82) is 0 Å². The molecular formula is C32H33Cl2F2N3O7S. The number of hydrogen-bond acceptors (Lipinski definition) is 8. The minimum atomic E-state index is -4.22. The van der Waals surface area contributed by atoms with E-state index in [4.69, 9.17) is 32.7 Å². The molecule has 2 aliphatic rings. The summed E-state index contributed by atoms with van der Waals surface area (Å²) in [6.45, 7) is -2.74. The lowest BCUT2D eigenvalue weighted by atomic mass is 10.0. The lowest BCUT2D eigenvalue weighted by molar-refractivity contribution is -0.153. The number of alkyl halides is 2. The van der Waals surface area contributed by atoms with E-state index in [1.807, 2.05) is 0 Å². The van der Waals surface area contributed by atoms with Gasteiger partial charge in [-0.15, -0.1) is 0 Å². The van der Waals surface area contributed by atoms with E-state index in [-0.39, 0.29) is 57.3 Å². The van der Waals surface area contributed by atoms with Crippen LogP contribution in [0.1, 0.15) is 53.3 Å². The summed E-state index contributed by atoms with van der Waals surface area (Å²) in [7, 11) is -1.11. The number of pyridine rings is 1. The third-order valence-corrected chi connectivity index (χ3v) is 10.5. The molecule has 15 heteroatoms. The molecule has 3 aromatic rings. The maximum Gasteiger partial charge on any atom is 0.387 e. The van der Waals surface area contributed by atoms with E-state index in [0.717, 1.165) is 17.1 Å². The standard InChI is InChI=1S/C32H33Cl2F2N3O7S/c1-38(2)30(40)21-5-3-6-22(13-21)47(42,43)39-12-4-7-26(39)31(41)45-28(15-23-24(33)16-37-17-25(23)34)20-10-11-27(46-32(35)36)29(14-20)44-18-19-8-9-19/h3,5-6,10-11,13-14,16-17,19,26,28,32H,4,7-9,12,15,18H2,1-2H3/t26-,28?/m0/s1. The first-order chi connectivity index (χ1) is 22.3. The number of nitrogens with zero attached hydrogens (tertiary/aromatic N) is 3. The number of benzene rings is 2. The first kappa shape index (κ1) is 34.8. The van der Waals surface area contributed by atoms with Crippen LogP contribution in [0.2, 0.25) is 10.0 Å². The summed E-state index contributed by atoms with van der Waals surface area (Å²) in [4.78, 5) is 31.5. The van der Waals surface area contributed by atoms with Crippen LogP contribution >= 0.6 is 23.2 Å². The van der Waals surface area contributed by atoms with E-state index in [0.29, 0.717) is 30.1 Å². The number of aromatic nitrogens is 1. The molecule has 1 saturated heterocycles. The minimum absolute atomic E-state index is 0.0416. The molecule has 2 aromatic carbocycles. The van der Waals surface area contributed by atoms with Gasteiger partial charge in [-0.25, -0.2) is 8.42 Å². The lowest BCUT2D eigenvalue weighted by Crippen LogP contribution is -2.42. The minimum Gasteiger partial charge on any atom is -0.489 e. The Balaban J connectivity index is 1.46. The smallest absolute Gasteiger partial charge is 0.387 e. The SMILES string of the molecule is CN(C)C(=O)c1cccc(S(=O)(=O)N2CCC[C@H]2C(=O)OC(Cc2c(Cl)cncc2Cl)c2ccc(OC(F)F)c(OCC3CC3)c2)c1. The number of ether oxygens (including phenoxy) is 3. The molecule has 0 spiro atoms. The molecule has 10 nitrogen and oxygen atoms in total. The van der Waals surface area contributed by atoms with Gasteiger partial charge in [0.25, 0.3) is 5.91 Å². The van der Waals surface area contributed by atoms with Crippen LogP contribution in [0.3, 0.4) is 0 Å². The number of carbonyl (C=O) groups excluding carboxylic acids is 2. The number of carbonyl (C=O) groups is 2. The Kier molecular flexibility index (Phi) is 10.9. The number of amides is 1. The predicted molar refractivity (Wildman–Crippen MR) is 169 cm³/mol. The Morgan fingerprint density at radius 1 is 1.04 bits per heavy atom. The summed E-state index contributed by atoms with van der Waals surface area (Å²) in [5.74, 6) is -1.04. The Morgan fingerprint density at radius 2 is 1.77 bits per heavy atom. The second-order valence-electron chi connectivity index (χ2n) is 11.6. The average Bonchev–Trinajstić information content (AvgIpc) is 3.72. The number of sulfonamides is 1. The van der Waals surface area contributed by atoms with Gasteiger partial charge in [0.2, 0.25) is 10.0 Å². The molecule has 2 heterocycles. The van der Waals surface area contributed by atoms with E-state index in [1.54, 1.807) is 14.1 Å². The Bertz CT molecular complexity index is 1720. The zero-order valence-electron chi connectivity index (χ0n) is 25.6. The Labute approximate surface area is 281 Å². The van der Waals surface area contributed by atoms with Crippen LogP contribution in [0.4, 0.5) is 8.78 Å². The quantitative estimate of drug-likeness (QED) is 0.194. The Morgan fingerprint density at radius 3 is 2.43 bits per heavy atom. The summed E-state index contributed by atoms with van der Waals surface area (Å²) < 4.78 is 71.5. The van der Waals surface area contributed by atoms with Gasteiger partial charge in [-0.3, -0.25) is 14.6 Å². The van der Waals surface area contributed by atoms with Crippen molar-refractivity contribution in [3.8, 4) is 11.5 Å². The van der Waals surface area contributed by atoms with Crippen LogP contribution < -0.4 is 9.47 Å². The van der Waals surface area contributed by atoms with Crippen molar-refractivity contribution in [2.45, 2.75) is 55.8 Å². The summed E-state index contributed by atoms with van der Waals surface area (Å²) in [6.07, 6.45) is 4.13. The van der Waals surface area contributed by atoms with Crippen LogP contribution in [-0.4, -0.2) is 74.4 Å². The van der Waals surface area contributed by atoms with Gasteiger partial charge in [0.15, 0.2) is 11.5 Å². The fraction of sp³-hybridized carbons (Fsp3) is 0.406. The van der Waals surface area contributed by atoms with Crippen molar-refractivity contribution in [3.63, 3.8) is 0 Å². The number of hydrogen-bond donors (Lipinski definition) is 0. The molecule has 252 valence electrons. The maximum absolute atomic E-state index is 13.8. The third kappa shape index (κ3) is 8.32. The highest BCUT2D eigenvalue weighted by atomic mass is 35.5. The second-order valence-corrected chi connectivity index (χ2v) is 14.3. The van der Waals surface area contributed by atoms with Gasteiger partial charge in [0.05, 0.1) is 21.5 Å². The van der Waals surface area contributed by atoms with Crippen molar-refractivity contribution in [2.24, 2.45) is 5.92 Å². The molecule has 0 radical (unpaired) electrons. The fourth-order valence-corrected chi connectivity index (χ4v) is 7.45. The van der Waals surface area contributed by atoms with Crippen molar-refractivity contribution in [1.82, 2.24) is 14.2 Å². The van der Waals surface area contributed by atoms with Gasteiger partial charge in [-0.1, -0.05) is 35.3 Å². The molecule has 0 N–H and O–H groups in total. The maximum atomic E-state index is 13.8. The van der Waals surface area contributed by atoms with Gasteiger partial charge in [0.1, 0.15) is 12.1 Å². The summed E-state index contributed by atoms with van der Waals surface area (Å²) in [5, 5.41) is 0.414. The molecule has 1 aromatic heterocycles. The van der Waals surface area contributed by atoms with Gasteiger partial charge in [-0.05, 0) is 73.1 Å². The summed E-state index contributed by atoms with van der Waals surface area (Å²) in [5.41, 5.74) is 0.948. The highest BCUT2D eigenvalue weighted by Gasteiger charge is 2.41. The van der Waals surface area contributed by atoms with Gasteiger partial charge in [-0.2, -0.15) is 13.1 Å². The first-order valence-electron chi connectivity index (χ1n) is 14.9. The number of rotatable bonds is 13. The highest BCUT2D eigenvalue weighted by molar-refractivity contribution is 7.89. The number of esters is 1. The molecule has 5 rings (SSSR count). The highest BCUT2D eigenvalue weighted by Crippen LogP contribution is 2.38. The van der Waals surface area contributed by atoms with E-state index in [9.17, 15) is 26.8 Å². The molecule has 2 atom stereocenters. The fourth-order valence-electron chi connectivity index (χ4n) is 5.23. The normalized spacial score (nSPS) is 17.4. The molecule has 2 fully saturated rings. The lowest BCUT2D eigenvalue weighted by Gasteiger charge is -2.26. The van der Waals surface area contributed by atoms with Crippen LogP contribution in [0, 0.1) is 5.92 Å². The molecular weight excluding hydrogens is 679 g/mol. The molecule has 0 bridgehead atoms. The van der Waals surface area contributed by atoms with E-state index in [2.05, 4.69) is 9.72 Å². The van der Waals surface area contributed by atoms with Gasteiger partial charge < -0.3 is 19.1 Å². The zero-order valence-corrected chi connectivity index (χ0v) is 27.9.